The average molecular weight is 360 g/mol. The van der Waals surface area contributed by atoms with Crippen molar-refractivity contribution in [2.24, 2.45) is 0 Å². The van der Waals surface area contributed by atoms with Crippen LogP contribution in [0.5, 0.6) is 0 Å². The van der Waals surface area contributed by atoms with Crippen LogP contribution in [-0.4, -0.2) is 22.6 Å². The summed E-state index contributed by atoms with van der Waals surface area (Å²) in [5.74, 6) is -2.24. The summed E-state index contributed by atoms with van der Waals surface area (Å²) in [6.07, 6.45) is 0. The van der Waals surface area contributed by atoms with E-state index in [-0.39, 0.29) is 25.7 Å². The minimum Gasteiger partial charge on any atom is -0.478 e. The van der Waals surface area contributed by atoms with E-state index in [0.717, 1.165) is 0 Å². The Morgan fingerprint density at radius 2 is 1.25 bits per heavy atom. The van der Waals surface area contributed by atoms with Gasteiger partial charge in [-0.2, -0.15) is 0 Å². The molecule has 0 unspecified atom stereocenters. The van der Waals surface area contributed by atoms with Gasteiger partial charge >= 0.3 is 11.9 Å². The topological polar surface area (TPSA) is 63.6 Å². The standard InChI is InChI=1S/C12H10Cl4O4/c1-12(2,3)20-11(19)5-8(15)6(13)4(10(17)18)7(14)9(5)16/h1-3H3,(H,17,18). The molecule has 0 bridgehead atoms. The SMILES string of the molecule is CC(C)(C)OC(=O)c1c(Cl)c(Cl)c(C(=O)O)c(Cl)c1Cl. The predicted molar refractivity (Wildman–Crippen MR) is 78.6 cm³/mol. The molecule has 1 rings (SSSR count). The van der Waals surface area contributed by atoms with Crippen LogP contribution in [0.2, 0.25) is 20.1 Å². The molecule has 0 radical (unpaired) electrons. The van der Waals surface area contributed by atoms with Gasteiger partial charge in [0.05, 0.1) is 31.2 Å². The number of rotatable bonds is 2. The molecule has 110 valence electrons. The van der Waals surface area contributed by atoms with Gasteiger partial charge in [0.2, 0.25) is 0 Å². The van der Waals surface area contributed by atoms with Crippen molar-refractivity contribution in [1.29, 1.82) is 0 Å². The van der Waals surface area contributed by atoms with E-state index in [0.29, 0.717) is 0 Å². The van der Waals surface area contributed by atoms with E-state index in [2.05, 4.69) is 0 Å². The summed E-state index contributed by atoms with van der Waals surface area (Å²) in [6.45, 7) is 4.96. The first kappa shape index (κ1) is 17.4. The van der Waals surface area contributed by atoms with Gasteiger partial charge in [0.1, 0.15) is 5.60 Å². The fraction of sp³-hybridized carbons (Fsp3) is 0.333. The molecule has 4 nitrogen and oxygen atoms in total. The summed E-state index contributed by atoms with van der Waals surface area (Å²) in [7, 11) is 0. The van der Waals surface area contributed by atoms with Crippen molar-refractivity contribution in [3.63, 3.8) is 0 Å². The molecule has 1 N–H and O–H groups in total. The van der Waals surface area contributed by atoms with Crippen LogP contribution in [0.25, 0.3) is 0 Å². The third-order valence-electron chi connectivity index (χ3n) is 2.08. The summed E-state index contributed by atoms with van der Waals surface area (Å²) in [5, 5.41) is 7.65. The molecule has 0 aliphatic heterocycles. The van der Waals surface area contributed by atoms with Crippen molar-refractivity contribution in [2.75, 3.05) is 0 Å². The molecule has 0 saturated heterocycles. The highest BCUT2D eigenvalue weighted by Gasteiger charge is 2.30. The molecule has 8 heteroatoms. The normalized spacial score (nSPS) is 11.3. The van der Waals surface area contributed by atoms with Crippen molar-refractivity contribution in [2.45, 2.75) is 26.4 Å². The minimum absolute atomic E-state index is 0.261. The van der Waals surface area contributed by atoms with Gasteiger partial charge < -0.3 is 9.84 Å². The van der Waals surface area contributed by atoms with Gasteiger partial charge in [-0.3, -0.25) is 0 Å². The van der Waals surface area contributed by atoms with Gasteiger partial charge in [0, 0.05) is 0 Å². The third-order valence-corrected chi connectivity index (χ3v) is 3.79. The zero-order valence-electron chi connectivity index (χ0n) is 10.7. The van der Waals surface area contributed by atoms with Gasteiger partial charge in [-0.05, 0) is 20.8 Å². The summed E-state index contributed by atoms with van der Waals surface area (Å²) in [5.41, 5.74) is -1.51. The Labute approximate surface area is 135 Å². The van der Waals surface area contributed by atoms with E-state index in [4.69, 9.17) is 56.2 Å². The summed E-state index contributed by atoms with van der Waals surface area (Å²) < 4.78 is 5.12. The van der Waals surface area contributed by atoms with E-state index in [1.165, 1.54) is 0 Å². The quantitative estimate of drug-likeness (QED) is 0.599. The van der Waals surface area contributed by atoms with Crippen molar-refractivity contribution in [3.8, 4) is 0 Å². The lowest BCUT2D eigenvalue weighted by molar-refractivity contribution is 0.00695. The van der Waals surface area contributed by atoms with Crippen molar-refractivity contribution in [3.05, 3.63) is 31.2 Å². The van der Waals surface area contributed by atoms with Crippen LogP contribution < -0.4 is 0 Å². The Morgan fingerprint density at radius 1 is 0.900 bits per heavy atom. The first-order chi connectivity index (χ1) is 8.97. The number of carboxylic acid groups (broad SMARTS) is 1. The van der Waals surface area contributed by atoms with Crippen LogP contribution in [0.3, 0.4) is 0 Å². The molecular weight excluding hydrogens is 350 g/mol. The second-order valence-electron chi connectivity index (χ2n) is 4.81. The molecule has 0 aromatic heterocycles. The van der Waals surface area contributed by atoms with Crippen molar-refractivity contribution < 1.29 is 19.4 Å². The molecule has 0 fully saturated rings. The van der Waals surface area contributed by atoms with Gasteiger partial charge in [0.25, 0.3) is 0 Å². The zero-order valence-corrected chi connectivity index (χ0v) is 13.7. The number of benzene rings is 1. The summed E-state index contributed by atoms with van der Waals surface area (Å²) in [6, 6.07) is 0. The van der Waals surface area contributed by atoms with E-state index >= 15 is 0 Å². The summed E-state index contributed by atoms with van der Waals surface area (Å²) in [4.78, 5) is 23.1. The summed E-state index contributed by atoms with van der Waals surface area (Å²) >= 11 is 23.5. The van der Waals surface area contributed by atoms with Crippen LogP contribution >= 0.6 is 46.4 Å². The van der Waals surface area contributed by atoms with E-state index in [1.54, 1.807) is 20.8 Å². The highest BCUT2D eigenvalue weighted by molar-refractivity contribution is 6.52. The lowest BCUT2D eigenvalue weighted by Gasteiger charge is -2.21. The van der Waals surface area contributed by atoms with E-state index < -0.39 is 23.1 Å². The van der Waals surface area contributed by atoms with Gasteiger partial charge in [-0.25, -0.2) is 9.59 Å². The fourth-order valence-corrected chi connectivity index (χ4v) is 2.50. The number of esters is 1. The Kier molecular flexibility index (Phi) is 5.19. The largest absolute Gasteiger partial charge is 0.478 e. The number of hydrogen-bond donors (Lipinski definition) is 1. The number of aromatic carboxylic acids is 1. The molecule has 1 aromatic carbocycles. The fourth-order valence-electron chi connectivity index (χ4n) is 1.33. The molecule has 1 aromatic rings. The van der Waals surface area contributed by atoms with Crippen LogP contribution in [0, 0.1) is 0 Å². The lowest BCUT2D eigenvalue weighted by atomic mass is 10.1. The Bertz CT molecular complexity index is 561. The van der Waals surface area contributed by atoms with Crippen molar-refractivity contribution in [1.82, 2.24) is 0 Å². The average Bonchev–Trinajstić information content (AvgIpc) is 2.24. The van der Waals surface area contributed by atoms with Crippen LogP contribution in [0.1, 0.15) is 41.5 Å². The number of carbonyl (C=O) groups excluding carboxylic acids is 1. The molecule has 20 heavy (non-hydrogen) atoms. The number of carboxylic acids is 1. The molecule has 0 aliphatic carbocycles. The third kappa shape index (κ3) is 3.50. The Hall–Kier alpha value is -0.680. The maximum Gasteiger partial charge on any atom is 0.341 e. The highest BCUT2D eigenvalue weighted by atomic mass is 35.5. The van der Waals surface area contributed by atoms with Gasteiger partial charge in [-0.15, -0.1) is 0 Å². The molecule has 0 heterocycles. The second kappa shape index (κ2) is 5.98. The van der Waals surface area contributed by atoms with Gasteiger partial charge in [0.15, 0.2) is 0 Å². The molecular formula is C12H10Cl4O4. The first-order valence-corrected chi connectivity index (χ1v) is 6.81. The van der Waals surface area contributed by atoms with Crippen molar-refractivity contribution >= 4 is 58.3 Å². The molecule has 0 saturated carbocycles. The second-order valence-corrected chi connectivity index (χ2v) is 6.32. The zero-order chi connectivity index (χ0) is 15.8. The maximum absolute atomic E-state index is 12.0. The number of ether oxygens (including phenoxy) is 1. The monoisotopic (exact) mass is 358 g/mol. The molecule has 0 spiro atoms. The van der Waals surface area contributed by atoms with Crippen LogP contribution in [-0.2, 0) is 4.74 Å². The minimum atomic E-state index is -1.40. The van der Waals surface area contributed by atoms with Crippen LogP contribution in [0.15, 0.2) is 0 Å². The number of carbonyl (C=O) groups is 2. The molecule has 0 aliphatic rings. The smallest absolute Gasteiger partial charge is 0.341 e. The number of halogens is 4. The molecule has 0 atom stereocenters. The first-order valence-electron chi connectivity index (χ1n) is 5.30. The maximum atomic E-state index is 12.0. The Balaban J connectivity index is 3.52. The van der Waals surface area contributed by atoms with Gasteiger partial charge in [-0.1, -0.05) is 46.4 Å². The van der Waals surface area contributed by atoms with E-state index in [1.807, 2.05) is 0 Å². The Morgan fingerprint density at radius 3 is 1.55 bits per heavy atom. The highest BCUT2D eigenvalue weighted by Crippen LogP contribution is 2.41. The lowest BCUT2D eigenvalue weighted by Crippen LogP contribution is -2.24. The molecule has 0 amide bonds. The predicted octanol–water partition coefficient (Wildman–Crippen LogP) is 4.95. The van der Waals surface area contributed by atoms with Crippen LogP contribution in [0.4, 0.5) is 0 Å². The number of hydrogen-bond acceptors (Lipinski definition) is 3. The van der Waals surface area contributed by atoms with E-state index in [9.17, 15) is 9.59 Å².